The van der Waals surface area contributed by atoms with Crippen molar-refractivity contribution in [2.24, 2.45) is 0 Å². The van der Waals surface area contributed by atoms with Crippen LogP contribution in [0.5, 0.6) is 5.75 Å². The minimum absolute atomic E-state index is 0.0909. The molecule has 0 radical (unpaired) electrons. The van der Waals surface area contributed by atoms with Gasteiger partial charge in [0, 0.05) is 6.42 Å². The summed E-state index contributed by atoms with van der Waals surface area (Å²) in [5.74, 6) is 0.102. The van der Waals surface area contributed by atoms with Crippen LogP contribution in [0, 0.1) is 0 Å². The lowest BCUT2D eigenvalue weighted by Crippen LogP contribution is -2.13. The lowest BCUT2D eigenvalue weighted by molar-refractivity contribution is -0.134. The quantitative estimate of drug-likeness (QED) is 0.0986. The Labute approximate surface area is 231 Å². The van der Waals surface area contributed by atoms with Gasteiger partial charge in [-0.25, -0.2) is 4.79 Å². The minimum Gasteiger partial charge on any atom is -0.459 e. The molecule has 2 aromatic carbocycles. The van der Waals surface area contributed by atoms with E-state index in [2.05, 4.69) is 6.92 Å². The maximum Gasteiger partial charge on any atom is 0.338 e. The van der Waals surface area contributed by atoms with Crippen LogP contribution < -0.4 is 4.74 Å². The van der Waals surface area contributed by atoms with E-state index < -0.39 is 0 Å². The molecular weight excluding hydrogens is 472 g/mol. The predicted molar refractivity (Wildman–Crippen MR) is 158 cm³/mol. The van der Waals surface area contributed by atoms with Crippen LogP contribution in [0.3, 0.4) is 0 Å². The third kappa shape index (κ3) is 13.3. The number of hydrogen-bond acceptors (Lipinski definition) is 4. The van der Waals surface area contributed by atoms with E-state index in [0.29, 0.717) is 17.7 Å². The first-order valence-electron chi connectivity index (χ1n) is 15.2. The molecule has 210 valence electrons. The third-order valence-electron chi connectivity index (χ3n) is 7.16. The van der Waals surface area contributed by atoms with Crippen LogP contribution in [0.4, 0.5) is 0 Å². The molecule has 0 aliphatic heterocycles. The Morgan fingerprint density at radius 1 is 0.632 bits per heavy atom. The monoisotopic (exact) mass is 522 g/mol. The molecule has 1 unspecified atom stereocenters. The number of esters is 2. The van der Waals surface area contributed by atoms with E-state index in [1.807, 2.05) is 50.2 Å². The average molecular weight is 523 g/mol. The van der Waals surface area contributed by atoms with Crippen molar-refractivity contribution in [3.63, 3.8) is 0 Å². The second-order valence-electron chi connectivity index (χ2n) is 10.5. The third-order valence-corrected chi connectivity index (χ3v) is 7.16. The summed E-state index contributed by atoms with van der Waals surface area (Å²) in [4.78, 5) is 24.4. The normalized spacial score (nSPS) is 11.8. The van der Waals surface area contributed by atoms with E-state index in [4.69, 9.17) is 9.47 Å². The molecule has 0 heterocycles. The fourth-order valence-corrected chi connectivity index (χ4v) is 4.49. The Balaban J connectivity index is 1.56. The fourth-order valence-electron chi connectivity index (χ4n) is 4.49. The fraction of sp³-hybridized carbons (Fsp3) is 0.588. The molecule has 0 N–H and O–H groups in total. The second-order valence-corrected chi connectivity index (χ2v) is 10.5. The lowest BCUT2D eigenvalue weighted by Gasteiger charge is -2.11. The maximum absolute atomic E-state index is 12.2. The van der Waals surface area contributed by atoms with E-state index in [1.54, 1.807) is 12.1 Å². The van der Waals surface area contributed by atoms with Crippen LogP contribution >= 0.6 is 0 Å². The summed E-state index contributed by atoms with van der Waals surface area (Å²) >= 11 is 0. The molecule has 38 heavy (non-hydrogen) atoms. The maximum atomic E-state index is 12.2. The molecule has 0 fully saturated rings. The number of hydrogen-bond donors (Lipinski definition) is 0. The van der Waals surface area contributed by atoms with Gasteiger partial charge in [-0.1, -0.05) is 122 Å². The van der Waals surface area contributed by atoms with Crippen molar-refractivity contribution in [1.82, 2.24) is 0 Å². The average Bonchev–Trinajstić information content (AvgIpc) is 2.93. The van der Waals surface area contributed by atoms with Crippen molar-refractivity contribution < 1.29 is 19.1 Å². The van der Waals surface area contributed by atoms with Crippen LogP contribution in [0.2, 0.25) is 0 Å². The van der Waals surface area contributed by atoms with E-state index in [0.717, 1.165) is 30.4 Å². The lowest BCUT2D eigenvalue weighted by atomic mass is 10.0. The summed E-state index contributed by atoms with van der Waals surface area (Å²) in [5.41, 5.74) is 2.53. The summed E-state index contributed by atoms with van der Waals surface area (Å²) in [6.07, 6.45) is 19.4. The summed E-state index contributed by atoms with van der Waals surface area (Å²) < 4.78 is 10.9. The van der Waals surface area contributed by atoms with Gasteiger partial charge < -0.3 is 9.47 Å². The van der Waals surface area contributed by atoms with Gasteiger partial charge in [0.25, 0.3) is 0 Å². The molecule has 0 spiro atoms. The van der Waals surface area contributed by atoms with Gasteiger partial charge in [0.1, 0.15) is 5.75 Å². The largest absolute Gasteiger partial charge is 0.459 e. The summed E-state index contributed by atoms with van der Waals surface area (Å²) in [6, 6.07) is 14.9. The van der Waals surface area contributed by atoms with Crippen LogP contribution in [0.25, 0.3) is 11.1 Å². The number of carbonyl (C=O) groups excluding carboxylic acids is 2. The molecule has 0 aromatic heterocycles. The number of rotatable bonds is 20. The molecule has 0 amide bonds. The van der Waals surface area contributed by atoms with Gasteiger partial charge >= 0.3 is 11.9 Å². The standard InChI is InChI=1S/C34H50O4/c1-4-6-7-8-9-10-11-12-13-14-15-16-17-18-19-33(35)38-32-26-24-30(25-27-32)29-20-22-31(23-21-29)34(36)37-28(3)5-2/h20-28H,4-19H2,1-3H3. The first-order valence-corrected chi connectivity index (χ1v) is 15.2. The van der Waals surface area contributed by atoms with E-state index >= 15 is 0 Å². The van der Waals surface area contributed by atoms with E-state index in [-0.39, 0.29) is 18.0 Å². The van der Waals surface area contributed by atoms with Crippen LogP contribution in [-0.4, -0.2) is 18.0 Å². The summed E-state index contributed by atoms with van der Waals surface area (Å²) in [5, 5.41) is 0. The van der Waals surface area contributed by atoms with Crippen molar-refractivity contribution in [2.45, 2.75) is 130 Å². The summed E-state index contributed by atoms with van der Waals surface area (Å²) in [7, 11) is 0. The molecule has 0 bridgehead atoms. The molecule has 0 saturated heterocycles. The Hall–Kier alpha value is -2.62. The van der Waals surface area contributed by atoms with Crippen LogP contribution in [-0.2, 0) is 9.53 Å². The highest BCUT2D eigenvalue weighted by Crippen LogP contribution is 2.24. The SMILES string of the molecule is CCCCCCCCCCCCCCCCC(=O)Oc1ccc(-c2ccc(C(=O)OC(C)CC)cc2)cc1. The first kappa shape index (κ1) is 31.6. The predicted octanol–water partition coefficient (Wildman–Crippen LogP) is 10.1. The van der Waals surface area contributed by atoms with Crippen molar-refractivity contribution >= 4 is 11.9 Å². The smallest absolute Gasteiger partial charge is 0.338 e. The molecule has 0 saturated carbocycles. The highest BCUT2D eigenvalue weighted by Gasteiger charge is 2.11. The Kier molecular flexibility index (Phi) is 16.2. The summed E-state index contributed by atoms with van der Waals surface area (Å²) in [6.45, 7) is 6.15. The number of ether oxygens (including phenoxy) is 2. The number of unbranched alkanes of at least 4 members (excludes halogenated alkanes) is 13. The van der Waals surface area contributed by atoms with Crippen molar-refractivity contribution in [2.75, 3.05) is 0 Å². The molecule has 4 heteroatoms. The topological polar surface area (TPSA) is 52.6 Å². The van der Waals surface area contributed by atoms with Crippen molar-refractivity contribution in [1.29, 1.82) is 0 Å². The van der Waals surface area contributed by atoms with Gasteiger partial charge in [-0.2, -0.15) is 0 Å². The molecule has 2 rings (SSSR count). The zero-order valence-corrected chi connectivity index (χ0v) is 24.1. The Bertz CT molecular complexity index is 901. The highest BCUT2D eigenvalue weighted by atomic mass is 16.5. The zero-order chi connectivity index (χ0) is 27.4. The number of benzene rings is 2. The molecule has 0 aliphatic rings. The van der Waals surface area contributed by atoms with Gasteiger partial charge in [-0.15, -0.1) is 0 Å². The number of carbonyl (C=O) groups is 2. The minimum atomic E-state index is -0.299. The first-order chi connectivity index (χ1) is 18.5. The molecule has 1 atom stereocenters. The Morgan fingerprint density at radius 3 is 1.55 bits per heavy atom. The van der Waals surface area contributed by atoms with Gasteiger partial charge in [0.05, 0.1) is 11.7 Å². The van der Waals surface area contributed by atoms with Crippen molar-refractivity contribution in [3.8, 4) is 16.9 Å². The van der Waals surface area contributed by atoms with Gasteiger partial charge in [-0.3, -0.25) is 4.79 Å². The highest BCUT2D eigenvalue weighted by molar-refractivity contribution is 5.90. The molecule has 2 aromatic rings. The van der Waals surface area contributed by atoms with Crippen LogP contribution in [0.1, 0.15) is 134 Å². The molecule has 0 aliphatic carbocycles. The Morgan fingerprint density at radius 2 is 1.08 bits per heavy atom. The zero-order valence-electron chi connectivity index (χ0n) is 24.1. The second kappa shape index (κ2) is 19.4. The van der Waals surface area contributed by atoms with Crippen molar-refractivity contribution in [3.05, 3.63) is 54.1 Å². The van der Waals surface area contributed by atoms with E-state index in [9.17, 15) is 9.59 Å². The van der Waals surface area contributed by atoms with Gasteiger partial charge in [0.15, 0.2) is 0 Å². The van der Waals surface area contributed by atoms with Gasteiger partial charge in [0.2, 0.25) is 0 Å². The van der Waals surface area contributed by atoms with Crippen LogP contribution in [0.15, 0.2) is 48.5 Å². The molecular formula is C34H50O4. The molecule has 4 nitrogen and oxygen atoms in total. The van der Waals surface area contributed by atoms with Gasteiger partial charge in [-0.05, 0) is 55.2 Å². The van der Waals surface area contributed by atoms with E-state index in [1.165, 1.54) is 77.0 Å².